The second kappa shape index (κ2) is 9.49. The molecule has 0 saturated heterocycles. The SMILES string of the molecule is CCSc1nc2c(s1)c(=O)n(-c1ccccc1)c(=O)n2CC(=O)NCc1ccc(F)cc1. The number of hydrogen-bond donors (Lipinski definition) is 1. The van der Waals surface area contributed by atoms with E-state index < -0.39 is 17.2 Å². The van der Waals surface area contributed by atoms with E-state index in [1.807, 2.05) is 6.92 Å². The van der Waals surface area contributed by atoms with Crippen molar-refractivity contribution in [2.45, 2.75) is 24.4 Å². The lowest BCUT2D eigenvalue weighted by molar-refractivity contribution is -0.121. The number of carbonyl (C=O) groups is 1. The summed E-state index contributed by atoms with van der Waals surface area (Å²) in [5.41, 5.74) is 0.249. The average Bonchev–Trinajstić information content (AvgIpc) is 3.21. The van der Waals surface area contributed by atoms with Crippen LogP contribution in [-0.2, 0) is 17.9 Å². The van der Waals surface area contributed by atoms with Crippen molar-refractivity contribution in [1.29, 1.82) is 0 Å². The predicted octanol–water partition coefficient (Wildman–Crippen LogP) is 3.18. The van der Waals surface area contributed by atoms with Crippen molar-refractivity contribution in [3.05, 3.63) is 86.8 Å². The van der Waals surface area contributed by atoms with E-state index in [0.717, 1.165) is 15.9 Å². The molecule has 2 aromatic heterocycles. The number of fused-ring (bicyclic) bond motifs is 1. The Balaban J connectivity index is 1.73. The number of aromatic nitrogens is 3. The van der Waals surface area contributed by atoms with Crippen LogP contribution in [0.3, 0.4) is 0 Å². The van der Waals surface area contributed by atoms with Crippen LogP contribution in [0.15, 0.2) is 68.5 Å². The van der Waals surface area contributed by atoms with E-state index in [1.54, 1.807) is 42.5 Å². The molecule has 4 aromatic rings. The maximum absolute atomic E-state index is 13.3. The fourth-order valence-electron chi connectivity index (χ4n) is 3.15. The van der Waals surface area contributed by atoms with Crippen molar-refractivity contribution >= 4 is 39.4 Å². The van der Waals surface area contributed by atoms with Gasteiger partial charge in [-0.2, -0.15) is 0 Å². The van der Waals surface area contributed by atoms with Crippen LogP contribution < -0.4 is 16.6 Å². The van der Waals surface area contributed by atoms with Gasteiger partial charge in [0, 0.05) is 6.54 Å². The van der Waals surface area contributed by atoms with Crippen LogP contribution >= 0.6 is 23.1 Å². The molecule has 0 bridgehead atoms. The van der Waals surface area contributed by atoms with Crippen molar-refractivity contribution in [2.75, 3.05) is 5.75 Å². The van der Waals surface area contributed by atoms with E-state index in [-0.39, 0.29) is 24.6 Å². The molecule has 32 heavy (non-hydrogen) atoms. The Labute approximate surface area is 190 Å². The number of benzene rings is 2. The second-order valence-electron chi connectivity index (χ2n) is 6.81. The van der Waals surface area contributed by atoms with Gasteiger partial charge in [-0.15, -0.1) is 11.3 Å². The Bertz CT molecular complexity index is 1380. The number of rotatable bonds is 7. The minimum Gasteiger partial charge on any atom is -0.350 e. The van der Waals surface area contributed by atoms with E-state index in [2.05, 4.69) is 10.3 Å². The molecular formula is C22H19FN4O3S2. The summed E-state index contributed by atoms with van der Waals surface area (Å²) in [6, 6.07) is 14.4. The van der Waals surface area contributed by atoms with Gasteiger partial charge in [-0.05, 0) is 35.6 Å². The number of thiazole rings is 1. The van der Waals surface area contributed by atoms with Gasteiger partial charge in [0.2, 0.25) is 5.91 Å². The first kappa shape index (κ1) is 22.0. The summed E-state index contributed by atoms with van der Waals surface area (Å²) in [6.45, 7) is 1.85. The molecule has 0 aliphatic carbocycles. The minimum atomic E-state index is -0.635. The third-order valence-corrected chi connectivity index (χ3v) is 6.71. The number of amides is 1. The van der Waals surface area contributed by atoms with E-state index in [1.165, 1.54) is 39.8 Å². The van der Waals surface area contributed by atoms with Crippen molar-refractivity contribution in [2.24, 2.45) is 0 Å². The smallest absolute Gasteiger partial charge is 0.337 e. The van der Waals surface area contributed by atoms with Crippen molar-refractivity contribution in [3.63, 3.8) is 0 Å². The lowest BCUT2D eigenvalue weighted by Gasteiger charge is -2.11. The summed E-state index contributed by atoms with van der Waals surface area (Å²) < 4.78 is 16.3. The standard InChI is InChI=1S/C22H19FN4O3S2/c1-2-31-21-25-19-18(32-21)20(29)27(16-6-4-3-5-7-16)22(30)26(19)13-17(28)24-12-14-8-10-15(23)11-9-14/h3-11H,2,12-13H2,1H3,(H,24,28). The first-order valence-electron chi connectivity index (χ1n) is 9.83. The van der Waals surface area contributed by atoms with Crippen LogP contribution in [0.2, 0.25) is 0 Å². The Morgan fingerprint density at radius 2 is 1.84 bits per heavy atom. The molecule has 0 aliphatic rings. The molecule has 0 saturated carbocycles. The quantitative estimate of drug-likeness (QED) is 0.420. The number of para-hydroxylation sites is 1. The van der Waals surface area contributed by atoms with Gasteiger partial charge in [-0.3, -0.25) is 14.2 Å². The summed E-state index contributed by atoms with van der Waals surface area (Å²) in [5.74, 6) is -0.0232. The highest BCUT2D eigenvalue weighted by atomic mass is 32.2. The van der Waals surface area contributed by atoms with Gasteiger partial charge in [0.1, 0.15) is 17.1 Å². The fourth-order valence-corrected chi connectivity index (χ4v) is 5.12. The third kappa shape index (κ3) is 4.51. The molecule has 0 fully saturated rings. The first-order valence-corrected chi connectivity index (χ1v) is 11.6. The molecule has 10 heteroatoms. The highest BCUT2D eigenvalue weighted by molar-refractivity contribution is 8.01. The average molecular weight is 471 g/mol. The van der Waals surface area contributed by atoms with E-state index in [4.69, 9.17) is 0 Å². The largest absolute Gasteiger partial charge is 0.350 e. The number of hydrogen-bond acceptors (Lipinski definition) is 6. The number of carbonyl (C=O) groups excluding carboxylic acids is 1. The molecule has 164 valence electrons. The lowest BCUT2D eigenvalue weighted by atomic mass is 10.2. The van der Waals surface area contributed by atoms with Crippen LogP contribution in [0.5, 0.6) is 0 Å². The van der Waals surface area contributed by atoms with Crippen LogP contribution in [0.1, 0.15) is 12.5 Å². The summed E-state index contributed by atoms with van der Waals surface area (Å²) >= 11 is 2.68. The molecule has 0 unspecified atom stereocenters. The maximum Gasteiger partial charge on any atom is 0.337 e. The molecule has 0 radical (unpaired) electrons. The van der Waals surface area contributed by atoms with Gasteiger partial charge in [0.15, 0.2) is 9.99 Å². The zero-order chi connectivity index (χ0) is 22.7. The Morgan fingerprint density at radius 3 is 2.53 bits per heavy atom. The molecule has 1 N–H and O–H groups in total. The Morgan fingerprint density at radius 1 is 1.12 bits per heavy atom. The van der Waals surface area contributed by atoms with Gasteiger partial charge in [0.05, 0.1) is 5.69 Å². The molecule has 4 rings (SSSR count). The molecule has 1 amide bonds. The van der Waals surface area contributed by atoms with Crippen LogP contribution in [0.25, 0.3) is 16.0 Å². The van der Waals surface area contributed by atoms with Gasteiger partial charge in [-0.25, -0.2) is 18.7 Å². The monoisotopic (exact) mass is 470 g/mol. The van der Waals surface area contributed by atoms with Crippen LogP contribution in [0, 0.1) is 5.82 Å². The fraction of sp³-hybridized carbons (Fsp3) is 0.182. The molecular weight excluding hydrogens is 451 g/mol. The number of nitrogens with one attached hydrogen (secondary N) is 1. The molecule has 0 aliphatic heterocycles. The van der Waals surface area contributed by atoms with E-state index >= 15 is 0 Å². The minimum absolute atomic E-state index is 0.184. The van der Waals surface area contributed by atoms with Gasteiger partial charge in [0.25, 0.3) is 5.56 Å². The summed E-state index contributed by atoms with van der Waals surface area (Å²) in [4.78, 5) is 43.5. The topological polar surface area (TPSA) is 86.0 Å². The number of nitrogens with zero attached hydrogens (tertiary/aromatic N) is 3. The summed E-state index contributed by atoms with van der Waals surface area (Å²) in [5, 5.41) is 2.73. The number of thioether (sulfide) groups is 1. The lowest BCUT2D eigenvalue weighted by Crippen LogP contribution is -2.41. The zero-order valence-electron chi connectivity index (χ0n) is 17.1. The highest BCUT2D eigenvalue weighted by Crippen LogP contribution is 2.27. The van der Waals surface area contributed by atoms with E-state index in [0.29, 0.717) is 14.7 Å². The van der Waals surface area contributed by atoms with Crippen LogP contribution in [0.4, 0.5) is 4.39 Å². The van der Waals surface area contributed by atoms with Gasteiger partial charge in [-0.1, -0.05) is 49.0 Å². The van der Waals surface area contributed by atoms with Gasteiger partial charge < -0.3 is 5.32 Å². The van der Waals surface area contributed by atoms with Crippen molar-refractivity contribution in [1.82, 2.24) is 19.4 Å². The highest BCUT2D eigenvalue weighted by Gasteiger charge is 2.20. The van der Waals surface area contributed by atoms with Crippen molar-refractivity contribution in [3.8, 4) is 5.69 Å². The summed E-state index contributed by atoms with van der Waals surface area (Å²) in [6.07, 6.45) is 0. The molecule has 2 aromatic carbocycles. The van der Waals surface area contributed by atoms with Gasteiger partial charge >= 0.3 is 5.69 Å². The maximum atomic E-state index is 13.3. The normalized spacial score (nSPS) is 11.1. The zero-order valence-corrected chi connectivity index (χ0v) is 18.7. The summed E-state index contributed by atoms with van der Waals surface area (Å²) in [7, 11) is 0. The molecule has 7 nitrogen and oxygen atoms in total. The molecule has 0 spiro atoms. The second-order valence-corrected chi connectivity index (χ2v) is 9.32. The van der Waals surface area contributed by atoms with Crippen molar-refractivity contribution < 1.29 is 9.18 Å². The predicted molar refractivity (Wildman–Crippen MR) is 124 cm³/mol. The Hall–Kier alpha value is -3.24. The molecule has 0 atom stereocenters. The van der Waals surface area contributed by atoms with E-state index in [9.17, 15) is 18.8 Å². The third-order valence-electron chi connectivity index (χ3n) is 4.65. The molecule has 2 heterocycles. The Kier molecular flexibility index (Phi) is 6.52. The number of halogens is 1. The van der Waals surface area contributed by atoms with Crippen LogP contribution in [-0.4, -0.2) is 25.8 Å². The first-order chi connectivity index (χ1) is 15.5.